The molecule has 0 saturated heterocycles. The Morgan fingerprint density at radius 1 is 1.35 bits per heavy atom. The highest BCUT2D eigenvalue weighted by Crippen LogP contribution is 2.17. The highest BCUT2D eigenvalue weighted by atomic mass is 16.1. The molecule has 0 aliphatic heterocycles. The molecule has 3 nitrogen and oxygen atoms in total. The number of aryl methyl sites for hydroxylation is 2. The van der Waals surface area contributed by atoms with E-state index in [0.717, 1.165) is 13.0 Å². The van der Waals surface area contributed by atoms with Gasteiger partial charge in [0.1, 0.15) is 0 Å². The molecule has 0 atom stereocenters. The minimum absolute atomic E-state index is 0.109. The fraction of sp³-hybridized carbons (Fsp3) is 0.357. The second-order valence-corrected chi connectivity index (χ2v) is 4.35. The Bertz CT molecular complexity index is 528. The van der Waals surface area contributed by atoms with E-state index in [0.29, 0.717) is 6.42 Å². The number of rotatable bonds is 4. The van der Waals surface area contributed by atoms with E-state index in [1.807, 2.05) is 0 Å². The summed E-state index contributed by atoms with van der Waals surface area (Å²) < 4.78 is 2.21. The molecule has 1 amide bonds. The van der Waals surface area contributed by atoms with Crippen molar-refractivity contribution >= 4 is 16.8 Å². The van der Waals surface area contributed by atoms with Gasteiger partial charge in [-0.15, -0.1) is 0 Å². The summed E-state index contributed by atoms with van der Waals surface area (Å²) in [6, 6.07) is 8.57. The predicted molar refractivity (Wildman–Crippen MR) is 70.0 cm³/mol. The van der Waals surface area contributed by atoms with Gasteiger partial charge in [0.05, 0.1) is 0 Å². The average molecular weight is 230 g/mol. The van der Waals surface area contributed by atoms with Gasteiger partial charge in [-0.2, -0.15) is 0 Å². The van der Waals surface area contributed by atoms with Crippen LogP contribution >= 0.6 is 0 Å². The molecule has 0 unspecified atom stereocenters. The summed E-state index contributed by atoms with van der Waals surface area (Å²) in [5.74, 6) is 0.109. The number of hydrogen-bond acceptors (Lipinski definition) is 1. The normalized spacial score (nSPS) is 10.7. The average Bonchev–Trinajstić information content (AvgIpc) is 2.72. The molecule has 1 aromatic heterocycles. The molecule has 0 bridgehead atoms. The summed E-state index contributed by atoms with van der Waals surface area (Å²) in [5.41, 5.74) is 2.52. The molecule has 1 N–H and O–H groups in total. The number of hydrogen-bond donors (Lipinski definition) is 1. The summed E-state index contributed by atoms with van der Waals surface area (Å²) >= 11 is 0. The summed E-state index contributed by atoms with van der Waals surface area (Å²) in [7, 11) is 1.68. The zero-order valence-corrected chi connectivity index (χ0v) is 10.4. The molecule has 0 fully saturated rings. The number of carbonyl (C=O) groups is 1. The van der Waals surface area contributed by atoms with Gasteiger partial charge in [0.2, 0.25) is 5.91 Å². The van der Waals surface area contributed by atoms with Crippen molar-refractivity contribution < 1.29 is 4.79 Å². The lowest BCUT2D eigenvalue weighted by molar-refractivity contribution is -0.120. The maximum atomic E-state index is 11.1. The van der Waals surface area contributed by atoms with Crippen molar-refractivity contribution in [1.29, 1.82) is 0 Å². The van der Waals surface area contributed by atoms with E-state index in [2.05, 4.69) is 47.3 Å². The van der Waals surface area contributed by atoms with Crippen LogP contribution in [0.25, 0.3) is 10.9 Å². The first-order valence-corrected chi connectivity index (χ1v) is 5.97. The molecular formula is C14H18N2O. The van der Waals surface area contributed by atoms with Gasteiger partial charge in [-0.05, 0) is 36.4 Å². The first-order valence-electron chi connectivity index (χ1n) is 5.97. The van der Waals surface area contributed by atoms with Crippen LogP contribution in [0.5, 0.6) is 0 Å². The summed E-state index contributed by atoms with van der Waals surface area (Å²) in [5, 5.41) is 3.90. The van der Waals surface area contributed by atoms with E-state index >= 15 is 0 Å². The van der Waals surface area contributed by atoms with Crippen molar-refractivity contribution in [2.45, 2.75) is 26.3 Å². The molecule has 0 radical (unpaired) electrons. The first-order chi connectivity index (χ1) is 8.20. The number of nitrogens with one attached hydrogen (secondary N) is 1. The van der Waals surface area contributed by atoms with Crippen molar-refractivity contribution in [3.63, 3.8) is 0 Å². The number of carbonyl (C=O) groups excluding carboxylic acids is 1. The van der Waals surface area contributed by atoms with Crippen LogP contribution in [-0.4, -0.2) is 17.5 Å². The van der Waals surface area contributed by atoms with Gasteiger partial charge >= 0.3 is 0 Å². The molecule has 2 rings (SSSR count). The van der Waals surface area contributed by atoms with Crippen LogP contribution in [0.3, 0.4) is 0 Å². The quantitative estimate of drug-likeness (QED) is 0.860. The fourth-order valence-corrected chi connectivity index (χ4v) is 2.02. The summed E-state index contributed by atoms with van der Waals surface area (Å²) in [6.07, 6.45) is 3.55. The number of amides is 1. The van der Waals surface area contributed by atoms with Crippen LogP contribution in [0.1, 0.15) is 18.4 Å². The van der Waals surface area contributed by atoms with Gasteiger partial charge in [-0.3, -0.25) is 4.79 Å². The molecule has 1 heterocycles. The van der Waals surface area contributed by atoms with Gasteiger partial charge in [-0.25, -0.2) is 0 Å². The lowest BCUT2D eigenvalue weighted by Gasteiger charge is -2.05. The van der Waals surface area contributed by atoms with Crippen LogP contribution in [0.2, 0.25) is 0 Å². The Kier molecular flexibility index (Phi) is 3.47. The van der Waals surface area contributed by atoms with Crippen molar-refractivity contribution in [3.05, 3.63) is 36.0 Å². The largest absolute Gasteiger partial charge is 0.359 e. The molecule has 0 saturated carbocycles. The third kappa shape index (κ3) is 2.67. The van der Waals surface area contributed by atoms with E-state index in [4.69, 9.17) is 0 Å². The van der Waals surface area contributed by atoms with Crippen molar-refractivity contribution in [3.8, 4) is 0 Å². The zero-order valence-electron chi connectivity index (χ0n) is 10.4. The number of benzene rings is 1. The number of fused-ring (bicyclic) bond motifs is 1. The van der Waals surface area contributed by atoms with Gasteiger partial charge in [0, 0.05) is 31.7 Å². The Labute approximate surface area is 101 Å². The molecule has 2 aromatic rings. The van der Waals surface area contributed by atoms with Crippen molar-refractivity contribution in [1.82, 2.24) is 9.88 Å². The second-order valence-electron chi connectivity index (χ2n) is 4.35. The fourth-order valence-electron chi connectivity index (χ4n) is 2.02. The zero-order chi connectivity index (χ0) is 12.3. The third-order valence-electron chi connectivity index (χ3n) is 3.01. The van der Waals surface area contributed by atoms with E-state index in [1.165, 1.54) is 16.5 Å². The van der Waals surface area contributed by atoms with Gasteiger partial charge in [0.15, 0.2) is 0 Å². The van der Waals surface area contributed by atoms with E-state index in [1.54, 1.807) is 7.05 Å². The maximum absolute atomic E-state index is 11.1. The van der Waals surface area contributed by atoms with Crippen LogP contribution in [0.15, 0.2) is 30.5 Å². The second kappa shape index (κ2) is 5.04. The molecule has 0 aliphatic carbocycles. The number of aromatic nitrogens is 1. The SMILES string of the molecule is CNC(=O)CCCn1ccc2ccc(C)cc21. The standard InChI is InChI=1S/C14H18N2O/c1-11-5-6-12-7-9-16(13(12)10-11)8-3-4-14(17)15-2/h5-7,9-10H,3-4,8H2,1-2H3,(H,15,17). The Hall–Kier alpha value is -1.77. The molecule has 0 spiro atoms. The Morgan fingerprint density at radius 3 is 2.94 bits per heavy atom. The van der Waals surface area contributed by atoms with E-state index in [-0.39, 0.29) is 5.91 Å². The Morgan fingerprint density at radius 2 is 2.18 bits per heavy atom. The lowest BCUT2D eigenvalue weighted by atomic mass is 10.2. The minimum Gasteiger partial charge on any atom is -0.359 e. The predicted octanol–water partition coefficient (Wildman–Crippen LogP) is 2.48. The van der Waals surface area contributed by atoms with Crippen molar-refractivity contribution in [2.75, 3.05) is 7.05 Å². The molecule has 17 heavy (non-hydrogen) atoms. The Balaban J connectivity index is 2.08. The van der Waals surface area contributed by atoms with E-state index in [9.17, 15) is 4.79 Å². The molecule has 3 heteroatoms. The van der Waals surface area contributed by atoms with Crippen LogP contribution in [0.4, 0.5) is 0 Å². The van der Waals surface area contributed by atoms with Crippen molar-refractivity contribution in [2.24, 2.45) is 0 Å². The topological polar surface area (TPSA) is 34.0 Å². The molecular weight excluding hydrogens is 212 g/mol. The first kappa shape index (κ1) is 11.7. The smallest absolute Gasteiger partial charge is 0.219 e. The van der Waals surface area contributed by atoms with E-state index < -0.39 is 0 Å². The molecule has 1 aromatic carbocycles. The third-order valence-corrected chi connectivity index (χ3v) is 3.01. The summed E-state index contributed by atoms with van der Waals surface area (Å²) in [4.78, 5) is 11.1. The van der Waals surface area contributed by atoms with Crippen LogP contribution in [-0.2, 0) is 11.3 Å². The van der Waals surface area contributed by atoms with Crippen LogP contribution < -0.4 is 5.32 Å². The maximum Gasteiger partial charge on any atom is 0.219 e. The minimum atomic E-state index is 0.109. The monoisotopic (exact) mass is 230 g/mol. The molecule has 0 aliphatic rings. The number of nitrogens with zero attached hydrogens (tertiary/aromatic N) is 1. The molecule has 90 valence electrons. The van der Waals surface area contributed by atoms with Gasteiger partial charge < -0.3 is 9.88 Å². The highest BCUT2D eigenvalue weighted by molar-refractivity contribution is 5.80. The van der Waals surface area contributed by atoms with Gasteiger partial charge in [-0.1, -0.05) is 12.1 Å². The van der Waals surface area contributed by atoms with Crippen LogP contribution in [0, 0.1) is 6.92 Å². The highest BCUT2D eigenvalue weighted by Gasteiger charge is 2.02. The summed E-state index contributed by atoms with van der Waals surface area (Å²) in [6.45, 7) is 2.99. The van der Waals surface area contributed by atoms with Gasteiger partial charge in [0.25, 0.3) is 0 Å². The lowest BCUT2D eigenvalue weighted by Crippen LogP contribution is -2.17.